The van der Waals surface area contributed by atoms with E-state index in [-0.39, 0.29) is 18.8 Å². The molecule has 0 radical (unpaired) electrons. The van der Waals surface area contributed by atoms with Gasteiger partial charge in [-0.15, -0.1) is 6.58 Å². The first-order valence-electron chi connectivity index (χ1n) is 10.4. The molecule has 0 bridgehead atoms. The monoisotopic (exact) mass is 408 g/mol. The van der Waals surface area contributed by atoms with Gasteiger partial charge in [-0.1, -0.05) is 83.7 Å². The van der Waals surface area contributed by atoms with Gasteiger partial charge >= 0.3 is 0 Å². The van der Waals surface area contributed by atoms with E-state index in [1.165, 1.54) is 10.4 Å². The fourth-order valence-corrected chi connectivity index (χ4v) is 8.77. The molecule has 1 fully saturated rings. The van der Waals surface area contributed by atoms with Gasteiger partial charge in [0, 0.05) is 18.9 Å². The first kappa shape index (κ1) is 21.6. The van der Waals surface area contributed by atoms with E-state index < -0.39 is 13.9 Å². The molecule has 154 valence electrons. The molecule has 1 N–H and O–H groups in total. The van der Waals surface area contributed by atoms with E-state index in [0.717, 1.165) is 25.0 Å². The van der Waals surface area contributed by atoms with E-state index in [0.29, 0.717) is 0 Å². The number of hydrogen-bond donors (Lipinski definition) is 1. The molecule has 0 aromatic heterocycles. The molecule has 1 saturated heterocycles. The number of hydrogen-bond acceptors (Lipinski definition) is 3. The minimum atomic E-state index is -2.18. The van der Waals surface area contributed by atoms with Crippen molar-refractivity contribution in [3.05, 3.63) is 85.2 Å². The van der Waals surface area contributed by atoms with Crippen molar-refractivity contribution < 1.29 is 14.6 Å². The predicted octanol–water partition coefficient (Wildman–Crippen LogP) is 4.25. The Morgan fingerprint density at radius 3 is 2.21 bits per heavy atom. The quantitative estimate of drug-likeness (QED) is 0.383. The number of ether oxygens (including phenoxy) is 2. The van der Waals surface area contributed by atoms with Gasteiger partial charge in [0.05, 0.1) is 19.0 Å². The van der Waals surface area contributed by atoms with Crippen LogP contribution < -0.4 is 10.4 Å². The third kappa shape index (κ3) is 4.72. The zero-order valence-electron chi connectivity index (χ0n) is 17.5. The summed E-state index contributed by atoms with van der Waals surface area (Å²) in [5, 5.41) is 12.0. The Morgan fingerprint density at radius 2 is 1.69 bits per heavy atom. The number of aliphatic hydroxyl groups is 1. The first-order valence-corrected chi connectivity index (χ1v) is 13.0. The first-order chi connectivity index (χ1) is 14.0. The van der Waals surface area contributed by atoms with E-state index in [2.05, 4.69) is 79.9 Å². The second kappa shape index (κ2) is 9.57. The number of benzene rings is 2. The third-order valence-corrected chi connectivity index (χ3v) is 10.9. The molecule has 3 rings (SSSR count). The van der Waals surface area contributed by atoms with E-state index >= 15 is 0 Å². The molecule has 0 aliphatic carbocycles. The average Bonchev–Trinajstić information content (AvgIpc) is 3.10. The van der Waals surface area contributed by atoms with Crippen molar-refractivity contribution in [1.29, 1.82) is 0 Å². The summed E-state index contributed by atoms with van der Waals surface area (Å²) < 4.78 is 12.4. The SMILES string of the molecule is C=CCC/C=C1\OC(C)(OCCO)CC1[Si](C)(c1ccccc1)c1ccccc1. The highest BCUT2D eigenvalue weighted by Gasteiger charge is 2.52. The number of rotatable bonds is 9. The zero-order valence-corrected chi connectivity index (χ0v) is 18.5. The second-order valence-electron chi connectivity index (χ2n) is 7.97. The van der Waals surface area contributed by atoms with Crippen molar-refractivity contribution in [2.45, 2.75) is 44.1 Å². The van der Waals surface area contributed by atoms with Crippen LogP contribution in [0, 0.1) is 0 Å². The van der Waals surface area contributed by atoms with Gasteiger partial charge in [0.1, 0.15) is 8.07 Å². The zero-order chi connectivity index (χ0) is 20.7. The lowest BCUT2D eigenvalue weighted by atomic mass is 10.2. The Morgan fingerprint density at radius 1 is 1.10 bits per heavy atom. The summed E-state index contributed by atoms with van der Waals surface area (Å²) in [6.07, 6.45) is 6.76. The molecule has 29 heavy (non-hydrogen) atoms. The van der Waals surface area contributed by atoms with Gasteiger partial charge in [0.15, 0.2) is 0 Å². The molecule has 2 atom stereocenters. The van der Waals surface area contributed by atoms with Crippen LogP contribution in [0.25, 0.3) is 0 Å². The second-order valence-corrected chi connectivity index (χ2v) is 12.2. The van der Waals surface area contributed by atoms with Gasteiger partial charge in [-0.05, 0) is 18.9 Å². The fraction of sp³-hybridized carbons (Fsp3) is 0.360. The fourth-order valence-electron chi connectivity index (χ4n) is 4.34. The Hall–Kier alpha value is -2.14. The Bertz CT molecular complexity index is 779. The smallest absolute Gasteiger partial charge is 0.207 e. The molecule has 0 saturated carbocycles. The van der Waals surface area contributed by atoms with Crippen molar-refractivity contribution in [1.82, 2.24) is 0 Å². The maximum atomic E-state index is 9.26. The molecule has 2 aromatic carbocycles. The standard InChI is InChI=1S/C25H32O3Si/c1-4-5-8-17-23-24(20-25(2,28-23)27-19-18-26)29(3,21-13-9-6-10-14-21)22-15-11-7-12-16-22/h4,6-7,9-17,24,26H,1,5,8,18-20H2,2-3H3/b23-17-. The van der Waals surface area contributed by atoms with Crippen LogP contribution in [-0.2, 0) is 9.47 Å². The average molecular weight is 409 g/mol. The molecular formula is C25H32O3Si. The van der Waals surface area contributed by atoms with E-state index in [1.807, 2.05) is 13.0 Å². The highest BCUT2D eigenvalue weighted by atomic mass is 28.3. The highest BCUT2D eigenvalue weighted by Crippen LogP contribution is 2.47. The summed E-state index contributed by atoms with van der Waals surface area (Å²) in [7, 11) is -2.18. The van der Waals surface area contributed by atoms with Crippen LogP contribution in [0.1, 0.15) is 26.2 Å². The molecular weight excluding hydrogens is 376 g/mol. The van der Waals surface area contributed by atoms with Crippen LogP contribution in [0.5, 0.6) is 0 Å². The summed E-state index contributed by atoms with van der Waals surface area (Å²) in [5.41, 5.74) is 0.251. The largest absolute Gasteiger partial charge is 0.467 e. The van der Waals surface area contributed by atoms with Crippen LogP contribution in [0.3, 0.4) is 0 Å². The molecule has 3 nitrogen and oxygen atoms in total. The van der Waals surface area contributed by atoms with Crippen molar-refractivity contribution in [3.8, 4) is 0 Å². The van der Waals surface area contributed by atoms with Crippen molar-refractivity contribution in [2.24, 2.45) is 0 Å². The van der Waals surface area contributed by atoms with Crippen molar-refractivity contribution in [3.63, 3.8) is 0 Å². The van der Waals surface area contributed by atoms with Gasteiger partial charge in [0.2, 0.25) is 5.79 Å². The number of allylic oxidation sites excluding steroid dienone is 3. The summed E-state index contributed by atoms with van der Waals surface area (Å²) in [6.45, 7) is 8.54. The summed E-state index contributed by atoms with van der Waals surface area (Å²) in [5.74, 6) is 0.305. The maximum Gasteiger partial charge on any atom is 0.207 e. The summed E-state index contributed by atoms with van der Waals surface area (Å²) in [4.78, 5) is 0. The highest BCUT2D eigenvalue weighted by molar-refractivity contribution is 7.02. The number of unbranched alkanes of at least 4 members (excludes halogenated alkanes) is 1. The van der Waals surface area contributed by atoms with Crippen LogP contribution in [0.15, 0.2) is 85.2 Å². The summed E-state index contributed by atoms with van der Waals surface area (Å²) in [6, 6.07) is 21.7. The van der Waals surface area contributed by atoms with E-state index in [1.54, 1.807) is 0 Å². The molecule has 2 unspecified atom stereocenters. The minimum absolute atomic E-state index is 0.00873. The topological polar surface area (TPSA) is 38.7 Å². The molecule has 1 aliphatic heterocycles. The van der Waals surface area contributed by atoms with Crippen molar-refractivity contribution in [2.75, 3.05) is 13.2 Å². The Balaban J connectivity index is 2.08. The molecule has 4 heteroatoms. The lowest BCUT2D eigenvalue weighted by molar-refractivity contribution is -0.186. The van der Waals surface area contributed by atoms with Crippen LogP contribution in [0.4, 0.5) is 0 Å². The predicted molar refractivity (Wildman–Crippen MR) is 122 cm³/mol. The van der Waals surface area contributed by atoms with E-state index in [4.69, 9.17) is 9.47 Å². The van der Waals surface area contributed by atoms with Gasteiger partial charge in [-0.25, -0.2) is 0 Å². The summed E-state index contributed by atoms with van der Waals surface area (Å²) >= 11 is 0. The van der Waals surface area contributed by atoms with Crippen LogP contribution in [-0.4, -0.2) is 32.2 Å². The van der Waals surface area contributed by atoms with E-state index in [9.17, 15) is 5.11 Å². The maximum absolute atomic E-state index is 9.26. The Labute approximate surface area is 175 Å². The lowest BCUT2D eigenvalue weighted by Crippen LogP contribution is -2.59. The third-order valence-electron chi connectivity index (χ3n) is 5.91. The van der Waals surface area contributed by atoms with Gasteiger partial charge < -0.3 is 14.6 Å². The van der Waals surface area contributed by atoms with Crippen LogP contribution >= 0.6 is 0 Å². The lowest BCUT2D eigenvalue weighted by Gasteiger charge is -2.34. The minimum Gasteiger partial charge on any atom is -0.467 e. The molecule has 0 spiro atoms. The normalized spacial score (nSPS) is 23.1. The van der Waals surface area contributed by atoms with Gasteiger partial charge in [-0.2, -0.15) is 0 Å². The Kier molecular flexibility index (Phi) is 7.12. The molecule has 2 aromatic rings. The molecule has 1 aliphatic rings. The van der Waals surface area contributed by atoms with Crippen molar-refractivity contribution >= 4 is 18.4 Å². The van der Waals surface area contributed by atoms with Gasteiger partial charge in [-0.3, -0.25) is 0 Å². The molecule has 1 heterocycles. The molecule has 0 amide bonds. The van der Waals surface area contributed by atoms with Crippen LogP contribution in [0.2, 0.25) is 12.1 Å². The number of aliphatic hydroxyl groups excluding tert-OH is 1. The van der Waals surface area contributed by atoms with Gasteiger partial charge in [0.25, 0.3) is 0 Å².